The number of aliphatic hydroxyl groups is 1. The zero-order valence-corrected chi connectivity index (χ0v) is 17.7. The minimum Gasteiger partial charge on any atom is -0.497 e. The van der Waals surface area contributed by atoms with Crippen LogP contribution in [-0.4, -0.2) is 72.5 Å². The number of β-lactam (4-membered cyclic amide) rings is 1. The Hall–Kier alpha value is -3.10. The Balaban J connectivity index is 1.45. The van der Waals surface area contributed by atoms with E-state index < -0.39 is 18.2 Å². The lowest BCUT2D eigenvalue weighted by atomic mass is 9.93. The van der Waals surface area contributed by atoms with E-state index in [2.05, 4.69) is 0 Å². The van der Waals surface area contributed by atoms with Gasteiger partial charge in [0.05, 0.1) is 27.4 Å². The van der Waals surface area contributed by atoms with Crippen molar-refractivity contribution in [2.75, 3.05) is 33.9 Å². The third kappa shape index (κ3) is 3.84. The number of aliphatic hydroxyl groups excluding tert-OH is 1. The highest BCUT2D eigenvalue weighted by atomic mass is 16.6. The number of hydrogen-bond donors (Lipinski definition) is 1. The van der Waals surface area contributed by atoms with Crippen molar-refractivity contribution in [3.63, 3.8) is 0 Å². The first kappa shape index (κ1) is 21.1. The predicted octanol–water partition coefficient (Wildman–Crippen LogP) is 1.94. The summed E-state index contributed by atoms with van der Waals surface area (Å²) < 4.78 is 16.1. The smallest absolute Gasteiger partial charge is 0.497 e. The highest BCUT2D eigenvalue weighted by Crippen LogP contribution is 2.40. The van der Waals surface area contributed by atoms with Crippen LogP contribution in [0.2, 0.25) is 0 Å². The molecule has 2 aliphatic rings. The molecule has 8 nitrogen and oxygen atoms in total. The maximum absolute atomic E-state index is 13.0. The lowest BCUT2D eigenvalue weighted by Gasteiger charge is -2.47. The fourth-order valence-corrected chi connectivity index (χ4v) is 4.22. The number of carbonyl (C=O) groups excluding carboxylic acids is 2. The van der Waals surface area contributed by atoms with Gasteiger partial charge in [-0.3, -0.25) is 4.79 Å². The Morgan fingerprint density at radius 1 is 1.13 bits per heavy atom. The van der Waals surface area contributed by atoms with Crippen LogP contribution in [-0.2, 0) is 22.7 Å². The molecule has 2 aromatic rings. The topological polar surface area (TPSA) is 85.3 Å². The van der Waals surface area contributed by atoms with Crippen LogP contribution in [0.25, 0.3) is 0 Å². The summed E-state index contributed by atoms with van der Waals surface area (Å²) in [4.78, 5) is 27.5. The van der Waals surface area contributed by atoms with Crippen LogP contribution in [0.1, 0.15) is 11.1 Å². The van der Waals surface area contributed by atoms with Crippen molar-refractivity contribution >= 4 is 12.0 Å². The van der Waals surface area contributed by atoms with Crippen LogP contribution in [0.3, 0.4) is 0 Å². The summed E-state index contributed by atoms with van der Waals surface area (Å²) in [5.41, 5.74) is 1.69. The zero-order valence-electron chi connectivity index (χ0n) is 17.7. The van der Waals surface area contributed by atoms with Crippen LogP contribution in [0.4, 0.5) is 4.79 Å². The molecule has 164 valence electrons. The summed E-state index contributed by atoms with van der Waals surface area (Å²) in [6, 6.07) is 13.8. The van der Waals surface area contributed by atoms with Crippen molar-refractivity contribution in [3.8, 4) is 11.5 Å². The molecule has 0 spiro atoms. The van der Waals surface area contributed by atoms with Gasteiger partial charge in [-0.25, -0.2) is 4.48 Å². The van der Waals surface area contributed by atoms with Crippen LogP contribution < -0.4 is 9.47 Å². The van der Waals surface area contributed by atoms with Gasteiger partial charge in [0.2, 0.25) is 6.04 Å². The molecule has 4 rings (SSSR count). The molecule has 2 amide bonds. The Morgan fingerprint density at radius 3 is 2.48 bits per heavy atom. The van der Waals surface area contributed by atoms with Crippen molar-refractivity contribution in [2.24, 2.45) is 0 Å². The molecule has 31 heavy (non-hydrogen) atoms. The Kier molecular flexibility index (Phi) is 5.84. The van der Waals surface area contributed by atoms with Gasteiger partial charge in [0.15, 0.2) is 0 Å². The average Bonchev–Trinajstić information content (AvgIpc) is 3.60. The van der Waals surface area contributed by atoms with E-state index in [0.29, 0.717) is 24.6 Å². The lowest BCUT2D eigenvalue weighted by molar-refractivity contribution is -0.752. The Labute approximate surface area is 181 Å². The van der Waals surface area contributed by atoms with Crippen molar-refractivity contribution in [1.82, 2.24) is 4.90 Å². The quantitative estimate of drug-likeness (QED) is 0.394. The van der Waals surface area contributed by atoms with E-state index in [1.807, 2.05) is 36.4 Å². The molecule has 2 fully saturated rings. The van der Waals surface area contributed by atoms with Crippen molar-refractivity contribution in [1.29, 1.82) is 0 Å². The monoisotopic (exact) mass is 427 g/mol. The molecule has 2 aromatic carbocycles. The van der Waals surface area contributed by atoms with E-state index >= 15 is 0 Å². The fourth-order valence-electron chi connectivity index (χ4n) is 4.22. The van der Waals surface area contributed by atoms with Crippen LogP contribution in [0.15, 0.2) is 48.5 Å². The van der Waals surface area contributed by atoms with Crippen LogP contribution >= 0.6 is 0 Å². The second-order valence-electron chi connectivity index (χ2n) is 7.86. The van der Waals surface area contributed by atoms with Crippen molar-refractivity contribution in [2.45, 2.75) is 25.2 Å². The predicted molar refractivity (Wildman–Crippen MR) is 111 cm³/mol. The van der Waals surface area contributed by atoms with Gasteiger partial charge in [-0.1, -0.05) is 30.3 Å². The van der Waals surface area contributed by atoms with E-state index in [9.17, 15) is 14.7 Å². The maximum atomic E-state index is 13.0. The van der Waals surface area contributed by atoms with Gasteiger partial charge >= 0.3 is 6.09 Å². The van der Waals surface area contributed by atoms with Gasteiger partial charge in [0, 0.05) is 11.6 Å². The highest BCUT2D eigenvalue weighted by molar-refractivity contribution is 5.90. The Bertz CT molecular complexity index is 960. The Morgan fingerprint density at radius 2 is 1.87 bits per heavy atom. The van der Waals surface area contributed by atoms with Gasteiger partial charge in [0.1, 0.15) is 37.2 Å². The molecule has 0 bridgehead atoms. The summed E-state index contributed by atoms with van der Waals surface area (Å²) in [6.45, 7) is 1.31. The molecule has 2 saturated heterocycles. The van der Waals surface area contributed by atoms with E-state index in [0.717, 1.165) is 11.1 Å². The molecule has 2 aliphatic heterocycles. The van der Waals surface area contributed by atoms with E-state index in [1.54, 1.807) is 31.3 Å². The summed E-state index contributed by atoms with van der Waals surface area (Å²) >= 11 is 0. The van der Waals surface area contributed by atoms with E-state index in [-0.39, 0.29) is 30.1 Å². The SMILES string of the molecule is COc1ccc(CN2C(=O)C([N+]3(C(=O)OCc4ccccc4)CC3)[C@H]2CO)c(OC)c1. The number of methoxy groups -OCH3 is 2. The van der Waals surface area contributed by atoms with Crippen LogP contribution in [0.5, 0.6) is 11.5 Å². The molecule has 1 unspecified atom stereocenters. The minimum absolute atomic E-state index is 0.0485. The van der Waals surface area contributed by atoms with Crippen molar-refractivity contribution in [3.05, 3.63) is 59.7 Å². The molecule has 0 aromatic heterocycles. The van der Waals surface area contributed by atoms with Gasteiger partial charge in [-0.2, -0.15) is 4.79 Å². The standard InChI is InChI=1S/C23H27N2O6/c1-29-18-9-8-17(20(12-18)30-2)13-24-19(14-26)21(22(24)27)25(10-11-25)23(28)31-15-16-6-4-3-5-7-16/h3-9,12,19,21,26H,10-11,13-15H2,1-2H3/q+1/t19-,21?/m1/s1. The minimum atomic E-state index is -0.613. The summed E-state index contributed by atoms with van der Waals surface area (Å²) in [5.74, 6) is 1.10. The third-order valence-corrected chi connectivity index (χ3v) is 6.13. The zero-order chi connectivity index (χ0) is 22.0. The first-order chi connectivity index (χ1) is 15.0. The lowest BCUT2D eigenvalue weighted by Crippen LogP contribution is -2.73. The van der Waals surface area contributed by atoms with Gasteiger partial charge in [0.25, 0.3) is 5.91 Å². The van der Waals surface area contributed by atoms with Gasteiger partial charge in [-0.05, 0) is 17.7 Å². The molecule has 2 heterocycles. The summed E-state index contributed by atoms with van der Waals surface area (Å²) in [7, 11) is 3.13. The number of nitrogens with zero attached hydrogens (tertiary/aromatic N) is 2. The average molecular weight is 427 g/mol. The van der Waals surface area contributed by atoms with E-state index in [4.69, 9.17) is 14.2 Å². The molecule has 0 aliphatic carbocycles. The molecular formula is C23H27N2O6+. The molecule has 0 radical (unpaired) electrons. The highest BCUT2D eigenvalue weighted by Gasteiger charge is 2.69. The van der Waals surface area contributed by atoms with Gasteiger partial charge in [-0.15, -0.1) is 0 Å². The molecule has 1 N–H and O–H groups in total. The number of hydrogen-bond acceptors (Lipinski definition) is 6. The number of amides is 2. The van der Waals surface area contributed by atoms with Crippen molar-refractivity contribution < 1.29 is 33.4 Å². The molecular weight excluding hydrogens is 400 g/mol. The molecule has 0 saturated carbocycles. The third-order valence-electron chi connectivity index (χ3n) is 6.13. The number of likely N-dealkylation sites (tertiary alicyclic amines) is 1. The molecule has 8 heteroatoms. The first-order valence-corrected chi connectivity index (χ1v) is 10.2. The summed E-state index contributed by atoms with van der Waals surface area (Å²) in [6.07, 6.45) is -0.415. The second-order valence-corrected chi connectivity index (χ2v) is 7.86. The number of ether oxygens (including phenoxy) is 3. The largest absolute Gasteiger partial charge is 0.517 e. The molecule has 2 atom stereocenters. The summed E-state index contributed by atoms with van der Waals surface area (Å²) in [5, 5.41) is 10.0. The van der Waals surface area contributed by atoms with Gasteiger partial charge < -0.3 is 24.2 Å². The normalized spacial score (nSPS) is 21.3. The van der Waals surface area contributed by atoms with E-state index in [1.165, 1.54) is 0 Å². The number of benzene rings is 2. The number of carbonyl (C=O) groups is 2. The first-order valence-electron chi connectivity index (χ1n) is 10.2. The number of quaternary nitrogens is 1. The second kappa shape index (κ2) is 8.56. The maximum Gasteiger partial charge on any atom is 0.517 e. The number of rotatable bonds is 8. The van der Waals surface area contributed by atoms with Crippen LogP contribution in [0, 0.1) is 0 Å². The fraction of sp³-hybridized carbons (Fsp3) is 0.391.